The average molecular weight is 252 g/mol. The van der Waals surface area contributed by atoms with Gasteiger partial charge in [-0.2, -0.15) is 0 Å². The van der Waals surface area contributed by atoms with Crippen LogP contribution in [0.15, 0.2) is 0 Å². The standard InChI is InChI=1S/C14H24N2O2/c1-9(2)8-12-14(18)16(7-6-13(17)15-12)10(3)11-4-5-11/h9-12H,4-8H2,1-3H3,(H,15,17). The normalized spacial score (nSPS) is 27.1. The van der Waals surface area contributed by atoms with Crippen LogP contribution in [0.4, 0.5) is 0 Å². The predicted octanol–water partition coefficient (Wildman–Crippen LogP) is 1.55. The molecule has 2 atom stereocenters. The Morgan fingerprint density at radius 2 is 1.94 bits per heavy atom. The first-order valence-electron chi connectivity index (χ1n) is 7.09. The van der Waals surface area contributed by atoms with E-state index in [1.165, 1.54) is 12.8 Å². The van der Waals surface area contributed by atoms with E-state index in [2.05, 4.69) is 26.1 Å². The number of carbonyl (C=O) groups excluding carboxylic acids is 2. The van der Waals surface area contributed by atoms with E-state index in [1.807, 2.05) is 4.90 Å². The summed E-state index contributed by atoms with van der Waals surface area (Å²) in [5.41, 5.74) is 0. The summed E-state index contributed by atoms with van der Waals surface area (Å²) in [7, 11) is 0. The monoisotopic (exact) mass is 252 g/mol. The van der Waals surface area contributed by atoms with Crippen molar-refractivity contribution in [2.75, 3.05) is 6.54 Å². The van der Waals surface area contributed by atoms with Crippen molar-refractivity contribution in [3.05, 3.63) is 0 Å². The van der Waals surface area contributed by atoms with Crippen molar-refractivity contribution < 1.29 is 9.59 Å². The van der Waals surface area contributed by atoms with E-state index in [-0.39, 0.29) is 17.9 Å². The summed E-state index contributed by atoms with van der Waals surface area (Å²) in [4.78, 5) is 26.1. The highest BCUT2D eigenvalue weighted by atomic mass is 16.2. The van der Waals surface area contributed by atoms with Crippen LogP contribution < -0.4 is 5.32 Å². The summed E-state index contributed by atoms with van der Waals surface area (Å²) < 4.78 is 0. The van der Waals surface area contributed by atoms with Gasteiger partial charge in [0.05, 0.1) is 0 Å². The van der Waals surface area contributed by atoms with Crippen LogP contribution in [-0.2, 0) is 9.59 Å². The fourth-order valence-corrected chi connectivity index (χ4v) is 2.73. The van der Waals surface area contributed by atoms with Crippen molar-refractivity contribution >= 4 is 11.8 Å². The summed E-state index contributed by atoms with van der Waals surface area (Å²) in [5.74, 6) is 1.20. The van der Waals surface area contributed by atoms with Gasteiger partial charge in [-0.1, -0.05) is 13.8 Å². The molecule has 18 heavy (non-hydrogen) atoms. The van der Waals surface area contributed by atoms with Crippen LogP contribution in [0.2, 0.25) is 0 Å². The van der Waals surface area contributed by atoms with Crippen molar-refractivity contribution in [2.24, 2.45) is 11.8 Å². The van der Waals surface area contributed by atoms with E-state index in [0.717, 1.165) is 6.42 Å². The quantitative estimate of drug-likeness (QED) is 0.825. The minimum Gasteiger partial charge on any atom is -0.344 e. The molecule has 0 aromatic carbocycles. The molecule has 2 rings (SSSR count). The lowest BCUT2D eigenvalue weighted by Gasteiger charge is -2.30. The lowest BCUT2D eigenvalue weighted by atomic mass is 10.0. The lowest BCUT2D eigenvalue weighted by Crippen LogP contribution is -2.48. The molecule has 2 fully saturated rings. The second-order valence-corrected chi connectivity index (χ2v) is 6.11. The van der Waals surface area contributed by atoms with Gasteiger partial charge in [0.2, 0.25) is 11.8 Å². The Bertz CT molecular complexity index is 337. The highest BCUT2D eigenvalue weighted by Gasteiger charge is 2.38. The van der Waals surface area contributed by atoms with Gasteiger partial charge in [-0.25, -0.2) is 0 Å². The second kappa shape index (κ2) is 5.29. The maximum Gasteiger partial charge on any atom is 0.245 e. The molecule has 0 radical (unpaired) electrons. The number of carbonyl (C=O) groups is 2. The minimum absolute atomic E-state index is 0.0134. The molecule has 2 amide bonds. The summed E-state index contributed by atoms with van der Waals surface area (Å²) >= 11 is 0. The Labute approximate surface area is 109 Å². The largest absolute Gasteiger partial charge is 0.344 e. The molecule has 4 nitrogen and oxygen atoms in total. The van der Waals surface area contributed by atoms with Crippen LogP contribution in [0, 0.1) is 11.8 Å². The molecule has 2 unspecified atom stereocenters. The summed E-state index contributed by atoms with van der Waals surface area (Å²) in [6.45, 7) is 6.87. The van der Waals surface area contributed by atoms with Crippen molar-refractivity contribution in [3.8, 4) is 0 Å². The Balaban J connectivity index is 2.09. The van der Waals surface area contributed by atoms with E-state index in [9.17, 15) is 9.59 Å². The Morgan fingerprint density at radius 3 is 2.50 bits per heavy atom. The molecule has 4 heteroatoms. The van der Waals surface area contributed by atoms with Crippen LogP contribution in [0.5, 0.6) is 0 Å². The summed E-state index contributed by atoms with van der Waals surface area (Å²) in [5, 5.41) is 2.87. The number of nitrogens with zero attached hydrogens (tertiary/aromatic N) is 1. The molecular formula is C14H24N2O2. The van der Waals surface area contributed by atoms with Crippen LogP contribution in [0.3, 0.4) is 0 Å². The molecule has 0 aromatic heterocycles. The molecule has 0 aromatic rings. The summed E-state index contributed by atoms with van der Waals surface area (Å²) in [6, 6.07) is -0.0268. The van der Waals surface area contributed by atoms with Crippen molar-refractivity contribution in [2.45, 2.75) is 58.5 Å². The minimum atomic E-state index is -0.318. The predicted molar refractivity (Wildman–Crippen MR) is 69.9 cm³/mol. The molecule has 1 N–H and O–H groups in total. The van der Waals surface area contributed by atoms with Gasteiger partial charge in [0.1, 0.15) is 6.04 Å². The van der Waals surface area contributed by atoms with Gasteiger partial charge >= 0.3 is 0 Å². The molecule has 0 bridgehead atoms. The third-order valence-corrected chi connectivity index (χ3v) is 4.00. The molecule has 102 valence electrons. The van der Waals surface area contributed by atoms with Crippen LogP contribution in [0.1, 0.15) is 46.5 Å². The first-order valence-corrected chi connectivity index (χ1v) is 7.09. The highest BCUT2D eigenvalue weighted by Crippen LogP contribution is 2.35. The highest BCUT2D eigenvalue weighted by molar-refractivity contribution is 5.90. The third-order valence-electron chi connectivity index (χ3n) is 4.00. The van der Waals surface area contributed by atoms with E-state index in [0.29, 0.717) is 30.8 Å². The molecule has 2 aliphatic rings. The molecule has 1 aliphatic carbocycles. The maximum atomic E-state index is 12.5. The zero-order valence-electron chi connectivity index (χ0n) is 11.6. The van der Waals surface area contributed by atoms with Gasteiger partial charge in [0, 0.05) is 19.0 Å². The van der Waals surface area contributed by atoms with Gasteiger partial charge in [-0.3, -0.25) is 9.59 Å². The number of hydrogen-bond donors (Lipinski definition) is 1. The Morgan fingerprint density at radius 1 is 1.28 bits per heavy atom. The number of hydrogen-bond acceptors (Lipinski definition) is 2. The Kier molecular flexibility index (Phi) is 3.93. The molecule has 1 heterocycles. The average Bonchev–Trinajstić information content (AvgIpc) is 3.10. The van der Waals surface area contributed by atoms with Crippen LogP contribution in [-0.4, -0.2) is 35.3 Å². The molecule has 1 saturated carbocycles. The van der Waals surface area contributed by atoms with Gasteiger partial charge < -0.3 is 10.2 Å². The molecular weight excluding hydrogens is 228 g/mol. The second-order valence-electron chi connectivity index (χ2n) is 6.11. The van der Waals surface area contributed by atoms with E-state index >= 15 is 0 Å². The van der Waals surface area contributed by atoms with Crippen molar-refractivity contribution in [1.82, 2.24) is 10.2 Å². The fourth-order valence-electron chi connectivity index (χ4n) is 2.73. The SMILES string of the molecule is CC(C)CC1NC(=O)CCN(C(C)C2CC2)C1=O. The van der Waals surface area contributed by atoms with Gasteiger partial charge in [-0.15, -0.1) is 0 Å². The fraction of sp³-hybridized carbons (Fsp3) is 0.857. The zero-order valence-corrected chi connectivity index (χ0v) is 11.6. The van der Waals surface area contributed by atoms with Crippen molar-refractivity contribution in [1.29, 1.82) is 0 Å². The van der Waals surface area contributed by atoms with Crippen molar-refractivity contribution in [3.63, 3.8) is 0 Å². The van der Waals surface area contributed by atoms with Gasteiger partial charge in [0.25, 0.3) is 0 Å². The first-order chi connectivity index (χ1) is 8.49. The maximum absolute atomic E-state index is 12.5. The van der Waals surface area contributed by atoms with E-state index in [1.54, 1.807) is 0 Å². The molecule has 1 aliphatic heterocycles. The number of amides is 2. The zero-order chi connectivity index (χ0) is 13.3. The van der Waals surface area contributed by atoms with E-state index < -0.39 is 0 Å². The number of rotatable bonds is 4. The smallest absolute Gasteiger partial charge is 0.245 e. The lowest BCUT2D eigenvalue weighted by molar-refractivity contribution is -0.136. The van der Waals surface area contributed by atoms with Gasteiger partial charge in [0.15, 0.2) is 0 Å². The van der Waals surface area contributed by atoms with Crippen LogP contribution in [0.25, 0.3) is 0 Å². The van der Waals surface area contributed by atoms with Gasteiger partial charge in [-0.05, 0) is 38.0 Å². The van der Waals surface area contributed by atoms with E-state index in [4.69, 9.17) is 0 Å². The third kappa shape index (κ3) is 3.03. The first kappa shape index (κ1) is 13.4. The van der Waals surface area contributed by atoms with Crippen LogP contribution >= 0.6 is 0 Å². The topological polar surface area (TPSA) is 49.4 Å². The molecule has 0 spiro atoms. The summed E-state index contributed by atoms with van der Waals surface area (Å²) in [6.07, 6.45) is 3.62. The Hall–Kier alpha value is -1.06. The number of nitrogens with one attached hydrogen (secondary N) is 1. The molecule has 1 saturated heterocycles.